The van der Waals surface area contributed by atoms with Gasteiger partial charge in [0.2, 0.25) is 0 Å². The smallest absolute Gasteiger partial charge is 0.411 e. The van der Waals surface area contributed by atoms with Gasteiger partial charge in [-0.3, -0.25) is 5.32 Å². The monoisotopic (exact) mass is 264 g/mol. The molecule has 5 nitrogen and oxygen atoms in total. The number of aliphatic hydroxyl groups is 1. The van der Waals surface area contributed by atoms with Crippen molar-refractivity contribution in [3.8, 4) is 0 Å². The summed E-state index contributed by atoms with van der Waals surface area (Å²) < 4.78 is 4.55. The van der Waals surface area contributed by atoms with Crippen LogP contribution in [0.3, 0.4) is 0 Å². The molecule has 1 fully saturated rings. The normalized spacial score (nSPS) is 24.2. The average molecular weight is 264 g/mol. The van der Waals surface area contributed by atoms with Crippen LogP contribution in [0.25, 0.3) is 0 Å². The van der Waals surface area contributed by atoms with Crippen molar-refractivity contribution in [2.45, 2.75) is 32.4 Å². The second-order valence-electron chi connectivity index (χ2n) is 5.47. The van der Waals surface area contributed by atoms with Crippen LogP contribution >= 0.6 is 0 Å². The Morgan fingerprint density at radius 2 is 2.11 bits per heavy atom. The molecule has 104 valence electrons. The van der Waals surface area contributed by atoms with E-state index in [4.69, 9.17) is 0 Å². The fraction of sp³-hybridized carbons (Fsp3) is 0.500. The maximum absolute atomic E-state index is 11.1. The second-order valence-corrected chi connectivity index (χ2v) is 5.47. The summed E-state index contributed by atoms with van der Waals surface area (Å²) in [6, 6.07) is 7.66. The first kappa shape index (κ1) is 13.7. The lowest BCUT2D eigenvalue weighted by Crippen LogP contribution is -2.56. The molecule has 0 heterocycles. The maximum atomic E-state index is 11.1. The van der Waals surface area contributed by atoms with Crippen LogP contribution in [0, 0.1) is 5.41 Å². The lowest BCUT2D eigenvalue weighted by Gasteiger charge is -2.49. The summed E-state index contributed by atoms with van der Waals surface area (Å²) in [5.41, 5.74) is 1.46. The van der Waals surface area contributed by atoms with Gasteiger partial charge in [0.25, 0.3) is 0 Å². The van der Waals surface area contributed by atoms with E-state index in [9.17, 15) is 9.90 Å². The minimum atomic E-state index is -0.489. The number of methoxy groups -OCH3 is 1. The Hall–Kier alpha value is -1.75. The Balaban J connectivity index is 2.02. The van der Waals surface area contributed by atoms with Crippen molar-refractivity contribution in [3.63, 3.8) is 0 Å². The molecule has 0 aliphatic heterocycles. The zero-order chi connectivity index (χ0) is 14.0. The summed E-state index contributed by atoms with van der Waals surface area (Å²) >= 11 is 0. The molecular weight excluding hydrogens is 244 g/mol. The number of anilines is 2. The van der Waals surface area contributed by atoms with E-state index in [2.05, 4.69) is 15.4 Å². The Kier molecular flexibility index (Phi) is 3.66. The van der Waals surface area contributed by atoms with Gasteiger partial charge in [-0.2, -0.15) is 0 Å². The van der Waals surface area contributed by atoms with Crippen LogP contribution in [0.4, 0.5) is 16.2 Å². The van der Waals surface area contributed by atoms with Crippen molar-refractivity contribution in [2.24, 2.45) is 5.41 Å². The van der Waals surface area contributed by atoms with Crippen LogP contribution in [0.2, 0.25) is 0 Å². The van der Waals surface area contributed by atoms with E-state index >= 15 is 0 Å². The van der Waals surface area contributed by atoms with E-state index in [1.54, 1.807) is 6.07 Å². The van der Waals surface area contributed by atoms with Gasteiger partial charge in [-0.05, 0) is 24.6 Å². The van der Waals surface area contributed by atoms with Crippen LogP contribution < -0.4 is 10.6 Å². The molecule has 1 aliphatic carbocycles. The number of ether oxygens (including phenoxy) is 1. The van der Waals surface area contributed by atoms with Crippen molar-refractivity contribution < 1.29 is 14.6 Å². The minimum absolute atomic E-state index is 0.133. The largest absolute Gasteiger partial charge is 0.453 e. The zero-order valence-corrected chi connectivity index (χ0v) is 11.4. The zero-order valence-electron chi connectivity index (χ0n) is 11.4. The molecule has 0 radical (unpaired) electrons. The third-order valence-corrected chi connectivity index (χ3v) is 3.85. The molecular formula is C14H20N2O3. The Morgan fingerprint density at radius 1 is 1.42 bits per heavy atom. The van der Waals surface area contributed by atoms with Crippen LogP contribution in [0.15, 0.2) is 24.3 Å². The summed E-state index contributed by atoms with van der Waals surface area (Å²) in [6.45, 7) is 4.07. The van der Waals surface area contributed by atoms with Crippen LogP contribution in [0.1, 0.15) is 20.3 Å². The SMILES string of the molecule is COC(=O)Nc1cccc(NC2CC(O)C2(C)C)c1. The summed E-state index contributed by atoms with van der Waals surface area (Å²) in [5, 5.41) is 15.7. The lowest BCUT2D eigenvalue weighted by atomic mass is 9.64. The first-order valence-corrected chi connectivity index (χ1v) is 6.33. The molecule has 1 amide bonds. The minimum Gasteiger partial charge on any atom is -0.453 e. The quantitative estimate of drug-likeness (QED) is 0.784. The highest BCUT2D eigenvalue weighted by Crippen LogP contribution is 2.42. The fourth-order valence-corrected chi connectivity index (χ4v) is 2.20. The van der Waals surface area contributed by atoms with Crippen LogP contribution in [-0.4, -0.2) is 30.5 Å². The average Bonchev–Trinajstić information content (AvgIpc) is 2.38. The van der Waals surface area contributed by atoms with Gasteiger partial charge in [-0.1, -0.05) is 19.9 Å². The number of rotatable bonds is 3. The molecule has 2 rings (SSSR count). The van der Waals surface area contributed by atoms with Gasteiger partial charge in [-0.15, -0.1) is 0 Å². The molecule has 2 unspecified atom stereocenters. The molecule has 1 saturated carbocycles. The summed E-state index contributed by atoms with van der Waals surface area (Å²) in [4.78, 5) is 11.1. The predicted octanol–water partition coefficient (Wildman–Crippen LogP) is 2.44. The van der Waals surface area contributed by atoms with Gasteiger partial charge >= 0.3 is 6.09 Å². The van der Waals surface area contributed by atoms with Crippen LogP contribution in [0.5, 0.6) is 0 Å². The molecule has 3 N–H and O–H groups in total. The topological polar surface area (TPSA) is 70.6 Å². The first-order chi connectivity index (χ1) is 8.93. The molecule has 19 heavy (non-hydrogen) atoms. The Bertz CT molecular complexity index is 474. The lowest BCUT2D eigenvalue weighted by molar-refractivity contribution is -0.0510. The molecule has 2 atom stereocenters. The molecule has 0 spiro atoms. The Morgan fingerprint density at radius 3 is 2.68 bits per heavy atom. The number of hydrogen-bond donors (Lipinski definition) is 3. The van der Waals surface area contributed by atoms with Gasteiger partial charge in [0.05, 0.1) is 13.2 Å². The van der Waals surface area contributed by atoms with Crippen LogP contribution in [-0.2, 0) is 4.74 Å². The van der Waals surface area contributed by atoms with E-state index in [-0.39, 0.29) is 17.6 Å². The van der Waals surface area contributed by atoms with Gasteiger partial charge in [0, 0.05) is 22.8 Å². The van der Waals surface area contributed by atoms with E-state index in [1.807, 2.05) is 32.0 Å². The van der Waals surface area contributed by atoms with Crippen molar-refractivity contribution in [3.05, 3.63) is 24.3 Å². The van der Waals surface area contributed by atoms with E-state index in [1.165, 1.54) is 7.11 Å². The maximum Gasteiger partial charge on any atom is 0.411 e. The first-order valence-electron chi connectivity index (χ1n) is 6.33. The molecule has 1 aliphatic rings. The molecule has 1 aromatic carbocycles. The third-order valence-electron chi connectivity index (χ3n) is 3.85. The summed E-state index contributed by atoms with van der Waals surface area (Å²) in [7, 11) is 1.33. The van der Waals surface area contributed by atoms with Crippen molar-refractivity contribution in [1.29, 1.82) is 0 Å². The second kappa shape index (κ2) is 5.09. The van der Waals surface area contributed by atoms with Crippen molar-refractivity contribution in [1.82, 2.24) is 0 Å². The highest BCUT2D eigenvalue weighted by Gasteiger charge is 2.47. The van der Waals surface area contributed by atoms with Gasteiger partial charge in [0.15, 0.2) is 0 Å². The van der Waals surface area contributed by atoms with Gasteiger partial charge < -0.3 is 15.2 Å². The van der Waals surface area contributed by atoms with Gasteiger partial charge in [0.1, 0.15) is 0 Å². The molecule has 1 aromatic rings. The van der Waals surface area contributed by atoms with E-state index in [0.717, 1.165) is 12.1 Å². The number of benzene rings is 1. The van der Waals surface area contributed by atoms with Crippen molar-refractivity contribution in [2.75, 3.05) is 17.7 Å². The standard InChI is InChI=1S/C14H20N2O3/c1-14(2)11(8-12(14)17)15-9-5-4-6-10(7-9)16-13(18)19-3/h4-7,11-12,15,17H,8H2,1-3H3,(H,16,18). The Labute approximate surface area is 113 Å². The molecule has 0 aromatic heterocycles. The number of nitrogens with one attached hydrogen (secondary N) is 2. The number of hydrogen-bond acceptors (Lipinski definition) is 4. The number of amides is 1. The van der Waals surface area contributed by atoms with Gasteiger partial charge in [-0.25, -0.2) is 4.79 Å². The predicted molar refractivity (Wildman–Crippen MR) is 74.3 cm³/mol. The molecule has 0 bridgehead atoms. The molecule has 0 saturated heterocycles. The third kappa shape index (κ3) is 2.81. The number of aliphatic hydroxyl groups excluding tert-OH is 1. The summed E-state index contributed by atoms with van der Waals surface area (Å²) in [5.74, 6) is 0. The van der Waals surface area contributed by atoms with E-state index in [0.29, 0.717) is 5.69 Å². The molecule has 5 heteroatoms. The van der Waals surface area contributed by atoms with Crippen molar-refractivity contribution >= 4 is 17.5 Å². The highest BCUT2D eigenvalue weighted by molar-refractivity contribution is 5.85. The number of carbonyl (C=O) groups is 1. The highest BCUT2D eigenvalue weighted by atomic mass is 16.5. The number of carbonyl (C=O) groups excluding carboxylic acids is 1. The van der Waals surface area contributed by atoms with E-state index < -0.39 is 6.09 Å². The fourth-order valence-electron chi connectivity index (χ4n) is 2.20. The summed E-state index contributed by atoms with van der Waals surface area (Å²) in [6.07, 6.45) is -0.0142.